The first kappa shape index (κ1) is 16.9. The van der Waals surface area contributed by atoms with Gasteiger partial charge in [-0.15, -0.1) is 0 Å². The van der Waals surface area contributed by atoms with E-state index in [9.17, 15) is 8.78 Å². The SMILES string of the molecule is Cc1c(F)cc(OCc2ccc(C3CCC(C)CC3)cc2)cc1F. The van der Waals surface area contributed by atoms with Crippen LogP contribution in [0.4, 0.5) is 8.78 Å². The predicted octanol–water partition coefficient (Wildman–Crippen LogP) is 6.15. The summed E-state index contributed by atoms with van der Waals surface area (Å²) in [6.07, 6.45) is 5.14. The Morgan fingerprint density at radius 2 is 1.54 bits per heavy atom. The van der Waals surface area contributed by atoms with Crippen molar-refractivity contribution in [3.8, 4) is 5.75 Å². The standard InChI is InChI=1S/C21H24F2O/c1-14-3-7-17(8-4-14)18-9-5-16(6-10-18)13-24-19-11-20(22)15(2)21(23)12-19/h5-6,9-12,14,17H,3-4,7-8,13H2,1-2H3. The first-order valence-corrected chi connectivity index (χ1v) is 8.70. The fraction of sp³-hybridized carbons (Fsp3) is 0.429. The van der Waals surface area contributed by atoms with E-state index in [1.54, 1.807) is 0 Å². The maximum absolute atomic E-state index is 13.5. The second-order valence-corrected chi connectivity index (χ2v) is 7.00. The van der Waals surface area contributed by atoms with Crippen LogP contribution in [-0.4, -0.2) is 0 Å². The van der Waals surface area contributed by atoms with Crippen LogP contribution in [0.3, 0.4) is 0 Å². The van der Waals surface area contributed by atoms with Crippen molar-refractivity contribution in [2.45, 2.75) is 52.1 Å². The van der Waals surface area contributed by atoms with E-state index in [-0.39, 0.29) is 11.3 Å². The molecule has 0 amide bonds. The highest BCUT2D eigenvalue weighted by Gasteiger charge is 2.19. The number of halogens is 2. The summed E-state index contributed by atoms with van der Waals surface area (Å²) in [5.41, 5.74) is 2.41. The number of hydrogen-bond acceptors (Lipinski definition) is 1. The van der Waals surface area contributed by atoms with Crippen molar-refractivity contribution >= 4 is 0 Å². The van der Waals surface area contributed by atoms with E-state index in [0.29, 0.717) is 12.5 Å². The third-order valence-electron chi connectivity index (χ3n) is 5.13. The molecular formula is C21H24F2O. The molecule has 24 heavy (non-hydrogen) atoms. The molecule has 0 radical (unpaired) electrons. The van der Waals surface area contributed by atoms with Gasteiger partial charge in [-0.25, -0.2) is 8.78 Å². The number of benzene rings is 2. The smallest absolute Gasteiger partial charge is 0.132 e. The maximum atomic E-state index is 13.5. The topological polar surface area (TPSA) is 9.23 Å². The van der Waals surface area contributed by atoms with Crippen molar-refractivity contribution in [1.82, 2.24) is 0 Å². The van der Waals surface area contributed by atoms with Gasteiger partial charge in [0.15, 0.2) is 0 Å². The monoisotopic (exact) mass is 330 g/mol. The van der Waals surface area contributed by atoms with Crippen molar-refractivity contribution in [1.29, 1.82) is 0 Å². The third kappa shape index (κ3) is 3.95. The molecule has 1 nitrogen and oxygen atoms in total. The molecule has 2 aromatic carbocycles. The highest BCUT2D eigenvalue weighted by Crippen LogP contribution is 2.35. The Morgan fingerprint density at radius 1 is 0.958 bits per heavy atom. The van der Waals surface area contributed by atoms with Gasteiger partial charge in [0.25, 0.3) is 0 Å². The van der Waals surface area contributed by atoms with Crippen molar-refractivity contribution in [3.63, 3.8) is 0 Å². The predicted molar refractivity (Wildman–Crippen MR) is 92.2 cm³/mol. The normalized spacial score (nSPS) is 20.8. The van der Waals surface area contributed by atoms with E-state index in [1.807, 2.05) is 12.1 Å². The average Bonchev–Trinajstić information content (AvgIpc) is 2.59. The molecule has 2 aromatic rings. The molecular weight excluding hydrogens is 306 g/mol. The van der Waals surface area contributed by atoms with Crippen LogP contribution in [0, 0.1) is 24.5 Å². The Bertz CT molecular complexity index is 662. The number of hydrogen-bond donors (Lipinski definition) is 0. The van der Waals surface area contributed by atoms with E-state index in [2.05, 4.69) is 19.1 Å². The molecule has 0 saturated heterocycles. The van der Waals surface area contributed by atoms with Gasteiger partial charge in [0, 0.05) is 17.7 Å². The zero-order chi connectivity index (χ0) is 17.1. The second-order valence-electron chi connectivity index (χ2n) is 7.00. The fourth-order valence-corrected chi connectivity index (χ4v) is 3.35. The van der Waals surface area contributed by atoms with Gasteiger partial charge < -0.3 is 4.74 Å². The van der Waals surface area contributed by atoms with Crippen LogP contribution in [0.1, 0.15) is 55.2 Å². The van der Waals surface area contributed by atoms with Crippen molar-refractivity contribution < 1.29 is 13.5 Å². The molecule has 0 spiro atoms. The summed E-state index contributed by atoms with van der Waals surface area (Å²) in [6.45, 7) is 4.05. The molecule has 0 aliphatic heterocycles. The van der Waals surface area contributed by atoms with E-state index in [1.165, 1.54) is 50.3 Å². The van der Waals surface area contributed by atoms with Gasteiger partial charge in [-0.1, -0.05) is 44.0 Å². The minimum absolute atomic E-state index is 0.0218. The quantitative estimate of drug-likeness (QED) is 0.653. The minimum Gasteiger partial charge on any atom is -0.489 e. The molecule has 0 heterocycles. The molecule has 0 aromatic heterocycles. The van der Waals surface area contributed by atoms with Crippen LogP contribution in [0.15, 0.2) is 36.4 Å². The largest absolute Gasteiger partial charge is 0.489 e. The summed E-state index contributed by atoms with van der Waals surface area (Å²) in [4.78, 5) is 0. The summed E-state index contributed by atoms with van der Waals surface area (Å²) >= 11 is 0. The lowest BCUT2D eigenvalue weighted by Crippen LogP contribution is -2.10. The van der Waals surface area contributed by atoms with E-state index >= 15 is 0 Å². The van der Waals surface area contributed by atoms with Crippen LogP contribution in [0.2, 0.25) is 0 Å². The third-order valence-corrected chi connectivity index (χ3v) is 5.13. The van der Waals surface area contributed by atoms with E-state index in [4.69, 9.17) is 4.74 Å². The Balaban J connectivity index is 1.60. The first-order chi connectivity index (χ1) is 11.5. The maximum Gasteiger partial charge on any atom is 0.132 e. The Kier molecular flexibility index (Phi) is 5.17. The van der Waals surface area contributed by atoms with Crippen molar-refractivity contribution in [2.75, 3.05) is 0 Å². The Morgan fingerprint density at radius 3 is 2.12 bits per heavy atom. The van der Waals surface area contributed by atoms with Crippen molar-refractivity contribution in [3.05, 3.63) is 64.7 Å². The summed E-state index contributed by atoms with van der Waals surface area (Å²) in [6, 6.07) is 10.9. The number of rotatable bonds is 4. The van der Waals surface area contributed by atoms with Crippen LogP contribution in [0.5, 0.6) is 5.75 Å². The molecule has 0 atom stereocenters. The summed E-state index contributed by atoms with van der Waals surface area (Å²) < 4.78 is 32.6. The molecule has 1 aliphatic rings. The molecule has 1 saturated carbocycles. The molecule has 128 valence electrons. The minimum atomic E-state index is -0.577. The second kappa shape index (κ2) is 7.33. The van der Waals surface area contributed by atoms with Crippen LogP contribution in [-0.2, 0) is 6.61 Å². The zero-order valence-electron chi connectivity index (χ0n) is 14.3. The van der Waals surface area contributed by atoms with Gasteiger partial charge >= 0.3 is 0 Å². The summed E-state index contributed by atoms with van der Waals surface area (Å²) in [5, 5.41) is 0. The van der Waals surface area contributed by atoms with E-state index in [0.717, 1.165) is 11.5 Å². The molecule has 0 N–H and O–H groups in total. The zero-order valence-corrected chi connectivity index (χ0v) is 14.3. The molecule has 0 unspecified atom stereocenters. The lowest BCUT2D eigenvalue weighted by Gasteiger charge is -2.26. The van der Waals surface area contributed by atoms with Crippen LogP contribution < -0.4 is 4.74 Å². The molecule has 3 heteroatoms. The summed E-state index contributed by atoms with van der Waals surface area (Å²) in [5.74, 6) is 0.584. The average molecular weight is 330 g/mol. The van der Waals surface area contributed by atoms with Gasteiger partial charge in [0.2, 0.25) is 0 Å². The van der Waals surface area contributed by atoms with Crippen LogP contribution >= 0.6 is 0 Å². The number of ether oxygens (including phenoxy) is 1. The van der Waals surface area contributed by atoms with Gasteiger partial charge in [0.05, 0.1) is 0 Å². The van der Waals surface area contributed by atoms with Gasteiger partial charge in [-0.3, -0.25) is 0 Å². The summed E-state index contributed by atoms with van der Waals surface area (Å²) in [7, 11) is 0. The fourth-order valence-electron chi connectivity index (χ4n) is 3.35. The highest BCUT2D eigenvalue weighted by atomic mass is 19.1. The molecule has 3 rings (SSSR count). The lowest BCUT2D eigenvalue weighted by molar-refractivity contribution is 0.302. The van der Waals surface area contributed by atoms with Crippen molar-refractivity contribution in [2.24, 2.45) is 5.92 Å². The van der Waals surface area contributed by atoms with Crippen LogP contribution in [0.25, 0.3) is 0 Å². The Labute approximate surface area is 142 Å². The lowest BCUT2D eigenvalue weighted by atomic mass is 9.79. The van der Waals surface area contributed by atoms with Gasteiger partial charge in [0.1, 0.15) is 24.0 Å². The molecule has 0 bridgehead atoms. The van der Waals surface area contributed by atoms with Gasteiger partial charge in [-0.2, -0.15) is 0 Å². The highest BCUT2D eigenvalue weighted by molar-refractivity contribution is 5.30. The Hall–Kier alpha value is -1.90. The molecule has 1 aliphatic carbocycles. The van der Waals surface area contributed by atoms with E-state index < -0.39 is 11.6 Å². The molecule has 1 fully saturated rings. The first-order valence-electron chi connectivity index (χ1n) is 8.70. The van der Waals surface area contributed by atoms with Gasteiger partial charge in [-0.05, 0) is 42.7 Å².